The fourth-order valence-corrected chi connectivity index (χ4v) is 2.69. The Morgan fingerprint density at radius 1 is 1.29 bits per heavy atom. The predicted octanol–water partition coefficient (Wildman–Crippen LogP) is 3.13. The fraction of sp³-hybridized carbons (Fsp3) is 1.00. The summed E-state index contributed by atoms with van der Waals surface area (Å²) in [5.74, 6) is 0.883. The molecule has 1 heterocycles. The highest BCUT2D eigenvalue weighted by atomic mass is 15.2. The highest BCUT2D eigenvalue weighted by Gasteiger charge is 2.33. The highest BCUT2D eigenvalue weighted by Crippen LogP contribution is 2.34. The summed E-state index contributed by atoms with van der Waals surface area (Å²) in [5.41, 5.74) is 0.481. The van der Waals surface area contributed by atoms with Crippen LogP contribution in [0.3, 0.4) is 0 Å². The highest BCUT2D eigenvalue weighted by molar-refractivity contribution is 4.86. The van der Waals surface area contributed by atoms with Gasteiger partial charge < -0.3 is 10.2 Å². The Morgan fingerprint density at radius 3 is 2.53 bits per heavy atom. The van der Waals surface area contributed by atoms with Gasteiger partial charge in [0.2, 0.25) is 0 Å². The van der Waals surface area contributed by atoms with Crippen molar-refractivity contribution < 1.29 is 0 Å². The zero-order chi connectivity index (χ0) is 12.9. The van der Waals surface area contributed by atoms with Crippen molar-refractivity contribution in [2.24, 2.45) is 11.3 Å². The van der Waals surface area contributed by atoms with Crippen molar-refractivity contribution >= 4 is 0 Å². The molecule has 1 N–H and O–H groups in total. The number of nitrogens with zero attached hydrogens (tertiary/aromatic N) is 1. The summed E-state index contributed by atoms with van der Waals surface area (Å²) in [6, 6.07) is 0.742. The third-order valence-electron chi connectivity index (χ3n) is 4.23. The van der Waals surface area contributed by atoms with Gasteiger partial charge in [-0.25, -0.2) is 0 Å². The molecule has 2 nitrogen and oxygen atoms in total. The quantitative estimate of drug-likeness (QED) is 0.718. The van der Waals surface area contributed by atoms with Crippen LogP contribution in [-0.4, -0.2) is 37.1 Å². The van der Waals surface area contributed by atoms with E-state index in [1.54, 1.807) is 0 Å². The van der Waals surface area contributed by atoms with Crippen LogP contribution in [0.4, 0.5) is 0 Å². The first-order valence-corrected chi connectivity index (χ1v) is 7.40. The lowest BCUT2D eigenvalue weighted by molar-refractivity contribution is 0.196. The minimum Gasteiger partial charge on any atom is -0.317 e. The second kappa shape index (κ2) is 6.75. The van der Waals surface area contributed by atoms with E-state index in [9.17, 15) is 0 Å². The Hall–Kier alpha value is -0.0800. The molecule has 2 heteroatoms. The second-order valence-electron chi connectivity index (χ2n) is 6.73. The lowest BCUT2D eigenvalue weighted by Crippen LogP contribution is -2.35. The molecule has 1 aliphatic rings. The van der Waals surface area contributed by atoms with Gasteiger partial charge in [-0.1, -0.05) is 27.7 Å². The number of rotatable bonds is 6. The molecule has 1 fully saturated rings. The molecule has 0 aromatic carbocycles. The van der Waals surface area contributed by atoms with Crippen molar-refractivity contribution in [2.45, 2.75) is 59.9 Å². The van der Waals surface area contributed by atoms with E-state index in [1.165, 1.54) is 38.9 Å². The second-order valence-corrected chi connectivity index (χ2v) is 6.73. The van der Waals surface area contributed by atoms with Gasteiger partial charge in [0.25, 0.3) is 0 Å². The van der Waals surface area contributed by atoms with E-state index in [0.717, 1.165) is 18.5 Å². The van der Waals surface area contributed by atoms with Crippen molar-refractivity contribution in [2.75, 3.05) is 26.2 Å². The molecule has 1 aliphatic heterocycles. The Labute approximate surface area is 108 Å². The topological polar surface area (TPSA) is 15.3 Å². The number of hydrogen-bond acceptors (Lipinski definition) is 2. The van der Waals surface area contributed by atoms with Crippen LogP contribution in [0.15, 0.2) is 0 Å². The van der Waals surface area contributed by atoms with E-state index in [0.29, 0.717) is 5.41 Å². The largest absolute Gasteiger partial charge is 0.317 e. The minimum atomic E-state index is 0.481. The van der Waals surface area contributed by atoms with E-state index in [2.05, 4.69) is 44.8 Å². The van der Waals surface area contributed by atoms with Crippen LogP contribution in [0.2, 0.25) is 0 Å². The summed E-state index contributed by atoms with van der Waals surface area (Å²) in [7, 11) is 0. The van der Waals surface area contributed by atoms with E-state index in [-0.39, 0.29) is 0 Å². The normalized spacial score (nSPS) is 24.2. The summed E-state index contributed by atoms with van der Waals surface area (Å²) >= 11 is 0. The third-order valence-corrected chi connectivity index (χ3v) is 4.23. The molecule has 0 radical (unpaired) electrons. The summed E-state index contributed by atoms with van der Waals surface area (Å²) in [5, 5.41) is 3.50. The van der Waals surface area contributed by atoms with Crippen LogP contribution in [0.1, 0.15) is 53.9 Å². The average Bonchev–Trinajstić information content (AvgIpc) is 2.72. The molecule has 0 saturated carbocycles. The molecular weight excluding hydrogens is 208 g/mol. The standard InChI is InChI=1S/C15H32N2/c1-6-9-16-10-7-13(2)17-11-8-14(12-17)15(3,4)5/h13-14,16H,6-12H2,1-5H3. The van der Waals surface area contributed by atoms with Crippen LogP contribution < -0.4 is 5.32 Å². The first-order valence-electron chi connectivity index (χ1n) is 7.40. The van der Waals surface area contributed by atoms with Crippen LogP contribution in [0, 0.1) is 11.3 Å². The van der Waals surface area contributed by atoms with Gasteiger partial charge in [0.1, 0.15) is 0 Å². The zero-order valence-electron chi connectivity index (χ0n) is 12.6. The molecule has 0 amide bonds. The molecule has 0 bridgehead atoms. The van der Waals surface area contributed by atoms with Gasteiger partial charge in [0.05, 0.1) is 0 Å². The monoisotopic (exact) mass is 240 g/mol. The lowest BCUT2D eigenvalue weighted by atomic mass is 9.80. The Balaban J connectivity index is 2.23. The van der Waals surface area contributed by atoms with Crippen LogP contribution in [-0.2, 0) is 0 Å². The Morgan fingerprint density at radius 2 is 2.00 bits per heavy atom. The SMILES string of the molecule is CCCNCCC(C)N1CCC(C(C)(C)C)C1. The van der Waals surface area contributed by atoms with Crippen molar-refractivity contribution in [1.29, 1.82) is 0 Å². The molecule has 0 aromatic heterocycles. The van der Waals surface area contributed by atoms with Gasteiger partial charge in [-0.05, 0) is 57.2 Å². The number of likely N-dealkylation sites (tertiary alicyclic amines) is 1. The lowest BCUT2D eigenvalue weighted by Gasteiger charge is -2.29. The maximum atomic E-state index is 3.50. The summed E-state index contributed by atoms with van der Waals surface area (Å²) in [6.45, 7) is 16.7. The predicted molar refractivity (Wildman–Crippen MR) is 76.4 cm³/mol. The van der Waals surface area contributed by atoms with Crippen LogP contribution in [0.5, 0.6) is 0 Å². The molecule has 0 aliphatic carbocycles. The van der Waals surface area contributed by atoms with Crippen molar-refractivity contribution in [3.63, 3.8) is 0 Å². The van der Waals surface area contributed by atoms with Crippen molar-refractivity contribution in [3.8, 4) is 0 Å². The van der Waals surface area contributed by atoms with Gasteiger partial charge >= 0.3 is 0 Å². The molecule has 1 saturated heterocycles. The summed E-state index contributed by atoms with van der Waals surface area (Å²) in [6.07, 6.45) is 3.91. The fourth-order valence-electron chi connectivity index (χ4n) is 2.69. The van der Waals surface area contributed by atoms with Crippen molar-refractivity contribution in [1.82, 2.24) is 10.2 Å². The van der Waals surface area contributed by atoms with E-state index < -0.39 is 0 Å². The van der Waals surface area contributed by atoms with Gasteiger partial charge in [-0.15, -0.1) is 0 Å². The Kier molecular flexibility index (Phi) is 5.94. The molecule has 0 aromatic rings. The number of nitrogens with one attached hydrogen (secondary N) is 1. The van der Waals surface area contributed by atoms with Crippen LogP contribution in [0.25, 0.3) is 0 Å². The molecular formula is C15H32N2. The first-order chi connectivity index (χ1) is 7.95. The van der Waals surface area contributed by atoms with Crippen LogP contribution >= 0.6 is 0 Å². The Bertz CT molecular complexity index is 207. The van der Waals surface area contributed by atoms with Gasteiger partial charge in [-0.2, -0.15) is 0 Å². The molecule has 1 rings (SSSR count). The third kappa shape index (κ3) is 4.97. The molecule has 0 spiro atoms. The zero-order valence-corrected chi connectivity index (χ0v) is 12.6. The summed E-state index contributed by atoms with van der Waals surface area (Å²) in [4.78, 5) is 2.68. The molecule has 102 valence electrons. The smallest absolute Gasteiger partial charge is 0.00791 e. The number of hydrogen-bond donors (Lipinski definition) is 1. The van der Waals surface area contributed by atoms with Gasteiger partial charge in [0, 0.05) is 12.6 Å². The van der Waals surface area contributed by atoms with E-state index >= 15 is 0 Å². The maximum Gasteiger partial charge on any atom is 0.00791 e. The average molecular weight is 240 g/mol. The first kappa shape index (κ1) is 15.0. The molecule has 2 atom stereocenters. The molecule has 2 unspecified atom stereocenters. The van der Waals surface area contributed by atoms with Gasteiger partial charge in [0.15, 0.2) is 0 Å². The maximum absolute atomic E-state index is 3.50. The van der Waals surface area contributed by atoms with E-state index in [1.807, 2.05) is 0 Å². The molecule has 17 heavy (non-hydrogen) atoms. The van der Waals surface area contributed by atoms with E-state index in [4.69, 9.17) is 0 Å². The van der Waals surface area contributed by atoms with Gasteiger partial charge in [-0.3, -0.25) is 0 Å². The summed E-state index contributed by atoms with van der Waals surface area (Å²) < 4.78 is 0. The minimum absolute atomic E-state index is 0.481. The van der Waals surface area contributed by atoms with Crippen molar-refractivity contribution in [3.05, 3.63) is 0 Å².